The summed E-state index contributed by atoms with van der Waals surface area (Å²) in [5, 5.41) is 13.8. The maximum Gasteiger partial charge on any atom is 0.341 e. The van der Waals surface area contributed by atoms with Crippen molar-refractivity contribution in [3.8, 4) is 0 Å². The van der Waals surface area contributed by atoms with Gasteiger partial charge >= 0.3 is 5.97 Å². The molecule has 1 aliphatic carbocycles. The Morgan fingerprint density at radius 1 is 1.21 bits per heavy atom. The second-order valence-corrected chi connectivity index (χ2v) is 11.1. The number of aryl methyl sites for hydroxylation is 3. The first-order chi connectivity index (χ1) is 16.0. The highest BCUT2D eigenvalue weighted by atomic mass is 32.2. The van der Waals surface area contributed by atoms with Crippen LogP contribution in [-0.4, -0.2) is 43.8 Å². The van der Waals surface area contributed by atoms with Crippen LogP contribution in [0.15, 0.2) is 11.5 Å². The Balaban J connectivity index is 1.35. The molecule has 33 heavy (non-hydrogen) atoms. The molecule has 0 saturated heterocycles. The first kappa shape index (κ1) is 22.3. The van der Waals surface area contributed by atoms with Gasteiger partial charge in [0, 0.05) is 9.75 Å². The number of anilines is 1. The average Bonchev–Trinajstić information content (AvgIpc) is 3.45. The van der Waals surface area contributed by atoms with E-state index < -0.39 is 0 Å². The Kier molecular flexibility index (Phi) is 6.11. The number of hydrogen-bond acceptors (Lipinski definition) is 9. The number of nitrogens with zero attached hydrogens (tertiary/aromatic N) is 4. The topological polar surface area (TPSA) is 98.5 Å². The van der Waals surface area contributed by atoms with Crippen molar-refractivity contribution in [2.45, 2.75) is 51.6 Å². The molecule has 4 aromatic rings. The minimum Gasteiger partial charge on any atom is -0.462 e. The molecule has 11 heteroatoms. The van der Waals surface area contributed by atoms with Crippen LogP contribution in [0, 0.1) is 13.8 Å². The molecule has 0 radical (unpaired) electrons. The predicted octanol–water partition coefficient (Wildman–Crippen LogP) is 4.80. The molecule has 1 aliphatic rings. The van der Waals surface area contributed by atoms with Crippen molar-refractivity contribution in [3.63, 3.8) is 0 Å². The van der Waals surface area contributed by atoms with Crippen LogP contribution in [0.4, 0.5) is 5.00 Å². The molecule has 0 spiro atoms. The number of hydrogen-bond donors (Lipinski definition) is 1. The van der Waals surface area contributed by atoms with Crippen LogP contribution in [0.5, 0.6) is 0 Å². The van der Waals surface area contributed by atoms with Gasteiger partial charge in [-0.15, -0.1) is 32.9 Å². The Bertz CT molecular complexity index is 1390. The van der Waals surface area contributed by atoms with Gasteiger partial charge in [-0.05, 0) is 57.6 Å². The molecule has 4 heterocycles. The monoisotopic (exact) mass is 501 g/mol. The van der Waals surface area contributed by atoms with Gasteiger partial charge in [0.05, 0.1) is 23.3 Å². The van der Waals surface area contributed by atoms with E-state index in [9.17, 15) is 9.59 Å². The van der Waals surface area contributed by atoms with Crippen LogP contribution in [0.1, 0.15) is 51.0 Å². The van der Waals surface area contributed by atoms with Crippen molar-refractivity contribution in [1.82, 2.24) is 19.6 Å². The Labute approximate surface area is 202 Å². The third kappa shape index (κ3) is 4.02. The third-order valence-corrected chi connectivity index (χ3v) is 9.05. The lowest BCUT2D eigenvalue weighted by molar-refractivity contribution is -0.113. The lowest BCUT2D eigenvalue weighted by Crippen LogP contribution is -2.17. The number of rotatable bonds is 6. The zero-order valence-electron chi connectivity index (χ0n) is 18.6. The third-order valence-electron chi connectivity index (χ3n) is 5.78. The highest BCUT2D eigenvalue weighted by Crippen LogP contribution is 2.39. The molecular weight excluding hydrogens is 478 g/mol. The normalized spacial score (nSPS) is 13.4. The molecule has 172 valence electrons. The number of nitrogens with one attached hydrogen (secondary N) is 1. The Hall–Kier alpha value is -2.50. The number of carbonyl (C=O) groups is 2. The first-order valence-electron chi connectivity index (χ1n) is 10.8. The van der Waals surface area contributed by atoms with Crippen LogP contribution in [0.3, 0.4) is 0 Å². The summed E-state index contributed by atoms with van der Waals surface area (Å²) >= 11 is 4.43. The van der Waals surface area contributed by atoms with Gasteiger partial charge in [-0.1, -0.05) is 11.8 Å². The maximum absolute atomic E-state index is 12.8. The van der Waals surface area contributed by atoms with E-state index in [0.717, 1.165) is 52.7 Å². The molecule has 4 aromatic heterocycles. The number of carbonyl (C=O) groups excluding carboxylic acids is 2. The summed E-state index contributed by atoms with van der Waals surface area (Å²) in [6, 6.07) is 0. The lowest BCUT2D eigenvalue weighted by atomic mass is 9.95. The highest BCUT2D eigenvalue weighted by molar-refractivity contribution is 7.99. The summed E-state index contributed by atoms with van der Waals surface area (Å²) in [5.74, 6) is -0.414. The molecule has 1 amide bonds. The molecule has 0 atom stereocenters. The summed E-state index contributed by atoms with van der Waals surface area (Å²) in [7, 11) is 0. The van der Waals surface area contributed by atoms with E-state index in [-0.39, 0.29) is 17.6 Å². The van der Waals surface area contributed by atoms with Gasteiger partial charge in [-0.2, -0.15) is 0 Å². The van der Waals surface area contributed by atoms with Crippen LogP contribution in [0.25, 0.3) is 15.9 Å². The van der Waals surface area contributed by atoms with E-state index in [4.69, 9.17) is 4.74 Å². The van der Waals surface area contributed by atoms with E-state index in [1.165, 1.54) is 32.9 Å². The number of aromatic nitrogens is 4. The second kappa shape index (κ2) is 9.03. The first-order valence-corrected chi connectivity index (χ1v) is 13.4. The molecule has 1 N–H and O–H groups in total. The molecular formula is C22H23N5O3S3. The van der Waals surface area contributed by atoms with Gasteiger partial charge in [-0.25, -0.2) is 9.78 Å². The van der Waals surface area contributed by atoms with E-state index >= 15 is 0 Å². The Morgan fingerprint density at radius 3 is 2.85 bits per heavy atom. The SMILES string of the molecule is CCOC(=O)c1c(NC(=O)CSc2nnc3c4c(C)c(C)sc4ncn23)sc2c1CCCC2. The van der Waals surface area contributed by atoms with Gasteiger partial charge in [0.25, 0.3) is 0 Å². The molecule has 5 rings (SSSR count). The summed E-state index contributed by atoms with van der Waals surface area (Å²) in [5.41, 5.74) is 3.47. The molecule has 0 aromatic carbocycles. The number of ether oxygens (including phenoxy) is 1. The van der Waals surface area contributed by atoms with E-state index in [0.29, 0.717) is 22.3 Å². The largest absolute Gasteiger partial charge is 0.462 e. The zero-order chi connectivity index (χ0) is 23.1. The van der Waals surface area contributed by atoms with Gasteiger partial charge in [0.15, 0.2) is 10.8 Å². The number of thiophene rings is 2. The maximum atomic E-state index is 12.8. The summed E-state index contributed by atoms with van der Waals surface area (Å²) in [6.07, 6.45) is 5.64. The summed E-state index contributed by atoms with van der Waals surface area (Å²) in [6.45, 7) is 6.22. The van der Waals surface area contributed by atoms with Crippen molar-refractivity contribution in [2.24, 2.45) is 0 Å². The van der Waals surface area contributed by atoms with Crippen LogP contribution in [-0.2, 0) is 22.4 Å². The van der Waals surface area contributed by atoms with E-state index in [2.05, 4.69) is 34.3 Å². The van der Waals surface area contributed by atoms with Crippen LogP contribution >= 0.6 is 34.4 Å². The van der Waals surface area contributed by atoms with E-state index in [1.807, 2.05) is 4.40 Å². The van der Waals surface area contributed by atoms with Crippen molar-refractivity contribution < 1.29 is 14.3 Å². The van der Waals surface area contributed by atoms with Crippen molar-refractivity contribution in [2.75, 3.05) is 17.7 Å². The van der Waals surface area contributed by atoms with Gasteiger partial charge in [0.2, 0.25) is 5.91 Å². The smallest absolute Gasteiger partial charge is 0.341 e. The molecule has 0 fully saturated rings. The number of thioether (sulfide) groups is 1. The fraction of sp³-hybridized carbons (Fsp3) is 0.409. The molecule has 0 unspecified atom stereocenters. The van der Waals surface area contributed by atoms with Crippen molar-refractivity contribution in [1.29, 1.82) is 0 Å². The number of esters is 1. The Morgan fingerprint density at radius 2 is 2.03 bits per heavy atom. The molecule has 8 nitrogen and oxygen atoms in total. The quantitative estimate of drug-likeness (QED) is 0.299. The lowest BCUT2D eigenvalue weighted by Gasteiger charge is -2.12. The van der Waals surface area contributed by atoms with Crippen LogP contribution in [0.2, 0.25) is 0 Å². The average molecular weight is 502 g/mol. The van der Waals surface area contributed by atoms with Crippen molar-refractivity contribution in [3.05, 3.63) is 32.8 Å². The zero-order valence-corrected chi connectivity index (χ0v) is 21.0. The van der Waals surface area contributed by atoms with Crippen molar-refractivity contribution >= 4 is 67.2 Å². The van der Waals surface area contributed by atoms with Crippen LogP contribution < -0.4 is 5.32 Å². The number of fused-ring (bicyclic) bond motifs is 4. The fourth-order valence-electron chi connectivity index (χ4n) is 4.09. The summed E-state index contributed by atoms with van der Waals surface area (Å²) < 4.78 is 7.10. The molecule has 0 bridgehead atoms. The second-order valence-electron chi connectivity index (χ2n) is 7.86. The number of amides is 1. The molecule has 0 aliphatic heterocycles. The van der Waals surface area contributed by atoms with Gasteiger partial charge in [-0.3, -0.25) is 9.20 Å². The van der Waals surface area contributed by atoms with Gasteiger partial charge in [0.1, 0.15) is 16.2 Å². The predicted molar refractivity (Wildman–Crippen MR) is 132 cm³/mol. The summed E-state index contributed by atoms with van der Waals surface area (Å²) in [4.78, 5) is 33.3. The van der Waals surface area contributed by atoms with E-state index in [1.54, 1.807) is 24.6 Å². The fourth-order valence-corrected chi connectivity index (χ4v) is 7.08. The standard InChI is InChI=1S/C22H23N5O3S3/c1-4-30-21(29)17-13-7-5-6-8-14(13)33-20(17)24-15(28)9-31-22-26-25-18-16-11(2)12(3)32-19(16)23-10-27(18)22/h10H,4-9H2,1-3H3,(H,24,28). The van der Waals surface area contributed by atoms with Gasteiger partial charge < -0.3 is 10.1 Å². The molecule has 0 saturated carbocycles. The minimum absolute atomic E-state index is 0.144. The minimum atomic E-state index is -0.361. The highest BCUT2D eigenvalue weighted by Gasteiger charge is 2.27.